The third-order valence-electron chi connectivity index (χ3n) is 1.89. The summed E-state index contributed by atoms with van der Waals surface area (Å²) in [5.41, 5.74) is 1.26. The molecule has 1 rings (SSSR count). The zero-order valence-corrected chi connectivity index (χ0v) is 8.50. The topological polar surface area (TPSA) is 60.5 Å². The average molecular weight is 185 g/mol. The van der Waals surface area contributed by atoms with E-state index in [0.717, 1.165) is 0 Å². The van der Waals surface area contributed by atoms with Gasteiger partial charge in [0.05, 0.1) is 16.8 Å². The van der Waals surface area contributed by atoms with Crippen LogP contribution in [0.5, 0.6) is 0 Å². The van der Waals surface area contributed by atoms with E-state index in [9.17, 15) is 0 Å². The van der Waals surface area contributed by atoms with Gasteiger partial charge in [-0.1, -0.05) is 20.8 Å². The smallest absolute Gasteiger partial charge is 0.102 e. The Bertz CT molecular complexity index is 427. The minimum Gasteiger partial charge on any atom is -0.259 e. The van der Waals surface area contributed by atoms with E-state index in [1.165, 1.54) is 0 Å². The van der Waals surface area contributed by atoms with E-state index in [4.69, 9.17) is 10.5 Å². The number of aromatic nitrogens is 1. The Morgan fingerprint density at radius 3 is 2.29 bits per heavy atom. The lowest BCUT2D eigenvalue weighted by Crippen LogP contribution is -2.16. The number of nitriles is 2. The lowest BCUT2D eigenvalue weighted by Gasteiger charge is -2.18. The van der Waals surface area contributed by atoms with Crippen molar-refractivity contribution >= 4 is 0 Å². The fraction of sp³-hybridized carbons (Fsp3) is 0.364. The summed E-state index contributed by atoms with van der Waals surface area (Å²) in [4.78, 5) is 4.16. The molecule has 0 amide bonds. The van der Waals surface area contributed by atoms with Crippen LogP contribution in [0, 0.1) is 22.7 Å². The van der Waals surface area contributed by atoms with Crippen LogP contribution in [0.4, 0.5) is 0 Å². The Kier molecular flexibility index (Phi) is 2.53. The monoisotopic (exact) mass is 185 g/mol. The van der Waals surface area contributed by atoms with Crippen LogP contribution < -0.4 is 0 Å². The van der Waals surface area contributed by atoms with E-state index in [2.05, 4.69) is 4.98 Å². The average Bonchev–Trinajstić information content (AvgIpc) is 2.15. The van der Waals surface area contributed by atoms with Gasteiger partial charge in [-0.05, 0) is 6.07 Å². The normalized spacial score (nSPS) is 10.4. The lowest BCUT2D eigenvalue weighted by atomic mass is 9.87. The molecule has 0 unspecified atom stereocenters. The third kappa shape index (κ3) is 1.72. The molecule has 1 heterocycles. The van der Waals surface area contributed by atoms with Crippen molar-refractivity contribution in [1.82, 2.24) is 4.98 Å². The Morgan fingerprint density at radius 1 is 1.21 bits per heavy atom. The predicted molar refractivity (Wildman–Crippen MR) is 52.4 cm³/mol. The van der Waals surface area contributed by atoms with E-state index in [1.807, 2.05) is 32.9 Å². The highest BCUT2D eigenvalue weighted by Gasteiger charge is 2.21. The largest absolute Gasteiger partial charge is 0.259 e. The molecule has 0 spiro atoms. The van der Waals surface area contributed by atoms with Crippen molar-refractivity contribution in [2.24, 2.45) is 0 Å². The second kappa shape index (κ2) is 3.47. The number of rotatable bonds is 0. The molecule has 0 atom stereocenters. The summed E-state index contributed by atoms with van der Waals surface area (Å²) < 4.78 is 0. The SMILES string of the molecule is CC(C)(C)c1nccc(C#N)c1C#N. The standard InChI is InChI=1S/C11H11N3/c1-11(2,3)10-9(7-13)8(6-12)4-5-14-10/h4-5H,1-3H3. The fourth-order valence-electron chi connectivity index (χ4n) is 1.24. The summed E-state index contributed by atoms with van der Waals surface area (Å²) >= 11 is 0. The molecule has 0 aliphatic heterocycles. The number of hydrogen-bond acceptors (Lipinski definition) is 3. The molecule has 0 saturated heterocycles. The van der Waals surface area contributed by atoms with E-state index in [-0.39, 0.29) is 5.41 Å². The second-order valence-corrected chi connectivity index (χ2v) is 4.06. The van der Waals surface area contributed by atoms with Gasteiger partial charge in [0, 0.05) is 11.6 Å². The van der Waals surface area contributed by atoms with Crippen LogP contribution in [-0.2, 0) is 5.41 Å². The van der Waals surface area contributed by atoms with Crippen molar-refractivity contribution in [2.45, 2.75) is 26.2 Å². The van der Waals surface area contributed by atoms with Crippen molar-refractivity contribution in [2.75, 3.05) is 0 Å². The highest BCUT2D eigenvalue weighted by atomic mass is 14.7. The first-order valence-corrected chi connectivity index (χ1v) is 4.30. The van der Waals surface area contributed by atoms with E-state index in [0.29, 0.717) is 16.8 Å². The maximum Gasteiger partial charge on any atom is 0.102 e. The van der Waals surface area contributed by atoms with Gasteiger partial charge in [0.2, 0.25) is 0 Å². The van der Waals surface area contributed by atoms with Gasteiger partial charge in [0.25, 0.3) is 0 Å². The molecule has 0 saturated carbocycles. The van der Waals surface area contributed by atoms with Crippen LogP contribution in [0.25, 0.3) is 0 Å². The van der Waals surface area contributed by atoms with E-state index in [1.54, 1.807) is 12.3 Å². The number of hydrogen-bond donors (Lipinski definition) is 0. The molecule has 3 heteroatoms. The summed E-state index contributed by atoms with van der Waals surface area (Å²) in [7, 11) is 0. The van der Waals surface area contributed by atoms with Crippen LogP contribution >= 0.6 is 0 Å². The summed E-state index contributed by atoms with van der Waals surface area (Å²) in [6.45, 7) is 5.91. The molecule has 0 radical (unpaired) electrons. The van der Waals surface area contributed by atoms with Crippen molar-refractivity contribution in [3.8, 4) is 12.1 Å². The summed E-state index contributed by atoms with van der Waals surface area (Å²) in [6.07, 6.45) is 1.57. The molecule has 0 aliphatic rings. The quantitative estimate of drug-likeness (QED) is 0.622. The second-order valence-electron chi connectivity index (χ2n) is 4.06. The highest BCUT2D eigenvalue weighted by Crippen LogP contribution is 2.24. The van der Waals surface area contributed by atoms with Crippen LogP contribution in [0.2, 0.25) is 0 Å². The molecule has 1 aromatic heterocycles. The predicted octanol–water partition coefficient (Wildman–Crippen LogP) is 2.12. The molecular formula is C11H11N3. The summed E-state index contributed by atoms with van der Waals surface area (Å²) in [6, 6.07) is 5.60. The van der Waals surface area contributed by atoms with Crippen LogP contribution in [0.1, 0.15) is 37.6 Å². The molecule has 14 heavy (non-hydrogen) atoms. The maximum atomic E-state index is 8.95. The van der Waals surface area contributed by atoms with Crippen LogP contribution in [0.3, 0.4) is 0 Å². The molecule has 70 valence electrons. The van der Waals surface area contributed by atoms with Crippen LogP contribution in [-0.4, -0.2) is 4.98 Å². The van der Waals surface area contributed by atoms with Crippen molar-refractivity contribution in [1.29, 1.82) is 10.5 Å². The summed E-state index contributed by atoms with van der Waals surface area (Å²) in [5, 5.41) is 17.8. The van der Waals surface area contributed by atoms with Gasteiger partial charge in [-0.2, -0.15) is 10.5 Å². The molecule has 0 aliphatic carbocycles. The van der Waals surface area contributed by atoms with Crippen molar-refractivity contribution < 1.29 is 0 Å². The zero-order valence-electron chi connectivity index (χ0n) is 8.50. The first-order valence-electron chi connectivity index (χ1n) is 4.30. The van der Waals surface area contributed by atoms with Crippen LogP contribution in [0.15, 0.2) is 12.3 Å². The summed E-state index contributed by atoms with van der Waals surface area (Å²) in [5.74, 6) is 0. The Balaban J connectivity index is 3.49. The molecule has 0 fully saturated rings. The first-order chi connectivity index (χ1) is 6.50. The van der Waals surface area contributed by atoms with E-state index < -0.39 is 0 Å². The molecule has 0 bridgehead atoms. The minimum atomic E-state index is -0.210. The van der Waals surface area contributed by atoms with Gasteiger partial charge < -0.3 is 0 Å². The molecule has 0 N–H and O–H groups in total. The first kappa shape index (κ1) is 10.2. The Morgan fingerprint density at radius 2 is 1.86 bits per heavy atom. The van der Waals surface area contributed by atoms with Gasteiger partial charge in [-0.25, -0.2) is 0 Å². The van der Waals surface area contributed by atoms with Gasteiger partial charge in [-0.3, -0.25) is 4.98 Å². The minimum absolute atomic E-state index is 0.210. The third-order valence-corrected chi connectivity index (χ3v) is 1.89. The van der Waals surface area contributed by atoms with E-state index >= 15 is 0 Å². The Hall–Kier alpha value is -1.87. The molecular weight excluding hydrogens is 174 g/mol. The molecule has 0 aromatic carbocycles. The fourth-order valence-corrected chi connectivity index (χ4v) is 1.24. The highest BCUT2D eigenvalue weighted by molar-refractivity contribution is 5.49. The van der Waals surface area contributed by atoms with Gasteiger partial charge in [0.15, 0.2) is 0 Å². The lowest BCUT2D eigenvalue weighted by molar-refractivity contribution is 0.566. The Labute approximate surface area is 83.6 Å². The number of pyridine rings is 1. The maximum absolute atomic E-state index is 8.95. The number of nitrogens with zero attached hydrogens (tertiary/aromatic N) is 3. The van der Waals surface area contributed by atoms with Crippen molar-refractivity contribution in [3.05, 3.63) is 29.1 Å². The van der Waals surface area contributed by atoms with Gasteiger partial charge >= 0.3 is 0 Å². The van der Waals surface area contributed by atoms with Gasteiger partial charge in [-0.15, -0.1) is 0 Å². The zero-order chi connectivity index (χ0) is 10.8. The molecule has 3 nitrogen and oxygen atoms in total. The van der Waals surface area contributed by atoms with Crippen molar-refractivity contribution in [3.63, 3.8) is 0 Å². The molecule has 1 aromatic rings. The van der Waals surface area contributed by atoms with Gasteiger partial charge in [0.1, 0.15) is 12.1 Å².